The number of nitrogens with one attached hydrogen (secondary N) is 2. The van der Waals surface area contributed by atoms with Gasteiger partial charge in [0.2, 0.25) is 5.91 Å². The van der Waals surface area contributed by atoms with Gasteiger partial charge >= 0.3 is 0 Å². The molecule has 2 fully saturated rings. The molecule has 3 atom stereocenters. The Labute approximate surface area is 228 Å². The van der Waals surface area contributed by atoms with Gasteiger partial charge in [-0.25, -0.2) is 9.07 Å². The molecule has 1 aliphatic carbocycles. The number of unbranched alkanes of at least 4 members (excludes halogenated alkanes) is 1. The van der Waals surface area contributed by atoms with Crippen LogP contribution in [0.15, 0.2) is 60.9 Å². The van der Waals surface area contributed by atoms with Crippen molar-refractivity contribution in [2.45, 2.75) is 43.7 Å². The van der Waals surface area contributed by atoms with Gasteiger partial charge in [0, 0.05) is 43.7 Å². The van der Waals surface area contributed by atoms with Gasteiger partial charge in [0.1, 0.15) is 11.9 Å². The fourth-order valence-corrected chi connectivity index (χ4v) is 5.12. The zero-order valence-corrected chi connectivity index (χ0v) is 22.3. The largest absolute Gasteiger partial charge is 0.340 e. The number of likely N-dealkylation sites (N-methyl/N-ethyl adjacent to an activating group) is 1. The van der Waals surface area contributed by atoms with E-state index in [0.717, 1.165) is 44.6 Å². The summed E-state index contributed by atoms with van der Waals surface area (Å²) in [6.45, 7) is 3.84. The van der Waals surface area contributed by atoms with Crippen LogP contribution in [0.25, 0.3) is 5.69 Å². The molecule has 2 amide bonds. The van der Waals surface area contributed by atoms with Crippen LogP contribution < -0.4 is 10.6 Å². The Morgan fingerprint density at radius 2 is 1.77 bits per heavy atom. The van der Waals surface area contributed by atoms with E-state index in [4.69, 9.17) is 0 Å². The maximum atomic E-state index is 13.4. The van der Waals surface area contributed by atoms with Gasteiger partial charge in [-0.15, -0.1) is 5.10 Å². The van der Waals surface area contributed by atoms with Crippen molar-refractivity contribution in [1.29, 1.82) is 0 Å². The lowest BCUT2D eigenvalue weighted by molar-refractivity contribution is -0.135. The molecule has 1 saturated carbocycles. The number of aromatic nitrogens is 3. The zero-order chi connectivity index (χ0) is 27.2. The fourth-order valence-electron chi connectivity index (χ4n) is 5.12. The van der Waals surface area contributed by atoms with Gasteiger partial charge in [-0.05, 0) is 81.2 Å². The van der Waals surface area contributed by atoms with Crippen LogP contribution in [0.1, 0.15) is 47.5 Å². The molecule has 0 spiro atoms. The van der Waals surface area contributed by atoms with Gasteiger partial charge in [-0.3, -0.25) is 9.59 Å². The Morgan fingerprint density at radius 3 is 2.46 bits per heavy atom. The zero-order valence-electron chi connectivity index (χ0n) is 22.3. The monoisotopic (exact) mass is 533 g/mol. The predicted octanol–water partition coefficient (Wildman–Crippen LogP) is 2.59. The Hall–Kier alpha value is -3.63. The molecule has 2 aromatic carbocycles. The van der Waals surface area contributed by atoms with Gasteiger partial charge in [0.05, 0.1) is 18.1 Å². The first kappa shape index (κ1) is 27.0. The van der Waals surface area contributed by atoms with E-state index in [1.807, 2.05) is 29.2 Å². The van der Waals surface area contributed by atoms with E-state index in [2.05, 4.69) is 32.9 Å². The van der Waals surface area contributed by atoms with Crippen LogP contribution in [0, 0.1) is 5.82 Å². The summed E-state index contributed by atoms with van der Waals surface area (Å²) in [4.78, 5) is 30.6. The fraction of sp³-hybridized carbons (Fsp3) is 0.448. The summed E-state index contributed by atoms with van der Waals surface area (Å²) in [6, 6.07) is 13.7. The van der Waals surface area contributed by atoms with Crippen LogP contribution in [0.2, 0.25) is 0 Å². The van der Waals surface area contributed by atoms with Gasteiger partial charge in [-0.2, -0.15) is 0 Å². The highest BCUT2D eigenvalue weighted by Gasteiger charge is 2.37. The van der Waals surface area contributed by atoms with E-state index in [9.17, 15) is 14.0 Å². The maximum absolute atomic E-state index is 13.4. The Bertz CT molecular complexity index is 1230. The Balaban J connectivity index is 1.13. The van der Waals surface area contributed by atoms with Crippen molar-refractivity contribution in [3.8, 4) is 5.69 Å². The van der Waals surface area contributed by atoms with E-state index < -0.39 is 6.04 Å². The molecular weight excluding hydrogens is 497 g/mol. The first-order valence-corrected chi connectivity index (χ1v) is 13.7. The molecular formula is C29H36FN7O2. The quantitative estimate of drug-likeness (QED) is 0.368. The predicted molar refractivity (Wildman–Crippen MR) is 146 cm³/mol. The van der Waals surface area contributed by atoms with E-state index in [1.165, 1.54) is 17.7 Å². The minimum Gasteiger partial charge on any atom is -0.340 e. The van der Waals surface area contributed by atoms with Gasteiger partial charge in [0.25, 0.3) is 5.91 Å². The maximum Gasteiger partial charge on any atom is 0.251 e. The van der Waals surface area contributed by atoms with Crippen LogP contribution in [0.4, 0.5) is 4.39 Å². The van der Waals surface area contributed by atoms with Gasteiger partial charge in [-0.1, -0.05) is 17.3 Å². The molecule has 206 valence electrons. The van der Waals surface area contributed by atoms with Crippen LogP contribution in [-0.4, -0.2) is 88.5 Å². The van der Waals surface area contributed by atoms with Gasteiger partial charge in [0.15, 0.2) is 0 Å². The van der Waals surface area contributed by atoms with Crippen LogP contribution in [0.3, 0.4) is 0 Å². The lowest BCUT2D eigenvalue weighted by Gasteiger charge is -2.34. The number of piperazine rings is 1. The minimum absolute atomic E-state index is 0.0118. The highest BCUT2D eigenvalue weighted by atomic mass is 19.1. The van der Waals surface area contributed by atoms with Crippen LogP contribution in [-0.2, 0) is 4.79 Å². The lowest BCUT2D eigenvalue weighted by Crippen LogP contribution is -2.54. The molecule has 2 aliphatic rings. The molecule has 3 aromatic rings. The molecule has 1 aliphatic heterocycles. The second kappa shape index (κ2) is 12.5. The average Bonchev–Trinajstić information content (AvgIpc) is 3.51. The number of amides is 2. The van der Waals surface area contributed by atoms with E-state index in [-0.39, 0.29) is 17.6 Å². The second-order valence-electron chi connectivity index (χ2n) is 10.5. The highest BCUT2D eigenvalue weighted by molar-refractivity contribution is 5.97. The number of rotatable bonds is 11. The second-order valence-corrected chi connectivity index (χ2v) is 10.5. The summed E-state index contributed by atoms with van der Waals surface area (Å²) < 4.78 is 14.8. The van der Waals surface area contributed by atoms with Crippen molar-refractivity contribution < 1.29 is 14.0 Å². The SMILES string of the molecule is CN1CCN(C(=O)[C@@H](CCCCN[C@H]2C[C@@H]2c2ccc(F)cc2)NC(=O)c2ccc(-n3ccnn3)cc2)CC1. The lowest BCUT2D eigenvalue weighted by atomic mass is 10.1. The Kier molecular flexibility index (Phi) is 8.63. The van der Waals surface area contributed by atoms with Crippen LogP contribution >= 0.6 is 0 Å². The number of benzene rings is 2. The Morgan fingerprint density at radius 1 is 1.03 bits per heavy atom. The molecule has 9 nitrogen and oxygen atoms in total. The number of halogens is 1. The van der Waals surface area contributed by atoms with Crippen LogP contribution in [0.5, 0.6) is 0 Å². The third kappa shape index (κ3) is 7.07. The standard InChI is InChI=1S/C29H36FN7O2/c1-35-16-18-36(19-17-35)29(39)26(33-28(38)22-7-11-24(12-8-22)37-15-14-32-34-37)4-2-3-13-31-27-20-25(27)21-5-9-23(30)10-6-21/h5-12,14-15,25-27,31H,2-4,13,16-20H2,1H3,(H,33,38)/t25-,26-,27+/m1/s1. The smallest absolute Gasteiger partial charge is 0.251 e. The molecule has 0 bridgehead atoms. The summed E-state index contributed by atoms with van der Waals surface area (Å²) in [5.41, 5.74) is 2.47. The number of carbonyl (C=O) groups excluding carboxylic acids is 2. The molecule has 1 saturated heterocycles. The van der Waals surface area contributed by atoms with E-state index >= 15 is 0 Å². The third-order valence-corrected chi connectivity index (χ3v) is 7.65. The third-order valence-electron chi connectivity index (χ3n) is 7.65. The van der Waals surface area contributed by atoms with Crippen molar-refractivity contribution in [2.75, 3.05) is 39.8 Å². The average molecular weight is 534 g/mol. The summed E-state index contributed by atoms with van der Waals surface area (Å²) >= 11 is 0. The summed E-state index contributed by atoms with van der Waals surface area (Å²) in [5, 5.41) is 14.4. The molecule has 2 heterocycles. The van der Waals surface area contributed by atoms with Crippen molar-refractivity contribution >= 4 is 11.8 Å². The highest BCUT2D eigenvalue weighted by Crippen LogP contribution is 2.40. The molecule has 1 aromatic heterocycles. The molecule has 10 heteroatoms. The first-order chi connectivity index (χ1) is 19.0. The summed E-state index contributed by atoms with van der Waals surface area (Å²) in [7, 11) is 2.05. The van der Waals surface area contributed by atoms with Crippen molar-refractivity contribution in [1.82, 2.24) is 35.4 Å². The van der Waals surface area contributed by atoms with Crippen molar-refractivity contribution in [3.63, 3.8) is 0 Å². The number of hydrogen-bond donors (Lipinski definition) is 2. The topological polar surface area (TPSA) is 95.4 Å². The molecule has 2 N–H and O–H groups in total. The first-order valence-electron chi connectivity index (χ1n) is 13.7. The molecule has 39 heavy (non-hydrogen) atoms. The molecule has 0 radical (unpaired) electrons. The van der Waals surface area contributed by atoms with E-state index in [1.54, 1.807) is 29.2 Å². The molecule has 5 rings (SSSR count). The van der Waals surface area contributed by atoms with Crippen molar-refractivity contribution in [2.24, 2.45) is 0 Å². The molecule has 0 unspecified atom stereocenters. The minimum atomic E-state index is -0.566. The number of carbonyl (C=O) groups is 2. The normalized spacial score (nSPS) is 20.0. The number of hydrogen-bond acceptors (Lipinski definition) is 6. The number of nitrogens with zero attached hydrogens (tertiary/aromatic N) is 5. The van der Waals surface area contributed by atoms with E-state index in [0.29, 0.717) is 37.0 Å². The summed E-state index contributed by atoms with van der Waals surface area (Å²) in [5.74, 6) is -0.0408. The van der Waals surface area contributed by atoms with Crippen molar-refractivity contribution in [3.05, 3.63) is 77.9 Å². The summed E-state index contributed by atoms with van der Waals surface area (Å²) in [6.07, 6.45) is 6.70. The van der Waals surface area contributed by atoms with Gasteiger partial charge < -0.3 is 20.4 Å².